The van der Waals surface area contributed by atoms with E-state index >= 15 is 0 Å². The van der Waals surface area contributed by atoms with Crippen molar-refractivity contribution in [1.82, 2.24) is 20.0 Å². The summed E-state index contributed by atoms with van der Waals surface area (Å²) in [7, 11) is 6.29. The van der Waals surface area contributed by atoms with E-state index in [2.05, 4.69) is 10.2 Å². The summed E-state index contributed by atoms with van der Waals surface area (Å²) in [6, 6.07) is 2.05. The highest BCUT2D eigenvalue weighted by Gasteiger charge is 2.67. The smallest absolute Gasteiger partial charge is 0.409 e. The highest BCUT2D eigenvalue weighted by atomic mass is 16.5. The van der Waals surface area contributed by atoms with Gasteiger partial charge in [0.2, 0.25) is 5.78 Å². The van der Waals surface area contributed by atoms with Gasteiger partial charge < -0.3 is 35.4 Å². The van der Waals surface area contributed by atoms with Crippen LogP contribution in [-0.4, -0.2) is 131 Å². The predicted octanol–water partition coefficient (Wildman–Crippen LogP) is 0.541. The number of piperazine rings is 1. The number of fused-ring (bicyclic) bond motifs is 3. The van der Waals surface area contributed by atoms with E-state index in [4.69, 9.17) is 4.74 Å². The van der Waals surface area contributed by atoms with Gasteiger partial charge in [0, 0.05) is 56.2 Å². The molecule has 1 amide bonds. The molecule has 0 bridgehead atoms. The highest BCUT2D eigenvalue weighted by molar-refractivity contribution is 6.25. The standard InChI is InChI=1S/C31H40N4O9/c1-16(36)21-26(39)24(33(3)4)19-13-30(15-34-8-10-35(11-9-34)29(42)44-5)12-18-17(14-32-2)6-7-20(37)22(18)25(38)23(30)28(41)31(19,43)27(21)40/h6-7,19,24,32,37-38,40,43H,8-15H2,1-5H3/t19-,24-,30-,31+/m0/s1. The number of rotatable bonds is 6. The number of phenols is 1. The molecule has 1 aromatic carbocycles. The number of amides is 1. The second-order valence-electron chi connectivity index (χ2n) is 12.5. The highest BCUT2D eigenvalue weighted by Crippen LogP contribution is 2.58. The number of Topliss-reactive ketones (excluding diaryl/α,β-unsaturated/α-hetero) is 3. The Labute approximate surface area is 255 Å². The van der Waals surface area contributed by atoms with Crippen molar-refractivity contribution in [2.75, 3.05) is 61.0 Å². The first-order valence-electron chi connectivity index (χ1n) is 14.6. The van der Waals surface area contributed by atoms with Crippen molar-refractivity contribution in [3.05, 3.63) is 45.7 Å². The summed E-state index contributed by atoms with van der Waals surface area (Å²) in [6.07, 6.45) is -0.277. The average molecular weight is 613 g/mol. The molecule has 1 saturated carbocycles. The second kappa shape index (κ2) is 11.3. The minimum Gasteiger partial charge on any atom is -0.508 e. The molecule has 13 nitrogen and oxygen atoms in total. The number of carbonyl (C=O) groups is 4. The van der Waals surface area contributed by atoms with Crippen LogP contribution >= 0.6 is 0 Å². The van der Waals surface area contributed by atoms with E-state index < -0.39 is 63.5 Å². The number of aromatic hydroxyl groups is 1. The van der Waals surface area contributed by atoms with Crippen LogP contribution in [0.15, 0.2) is 29.0 Å². The van der Waals surface area contributed by atoms with Gasteiger partial charge in [-0.3, -0.25) is 24.2 Å². The van der Waals surface area contributed by atoms with Crippen LogP contribution in [0.3, 0.4) is 0 Å². The van der Waals surface area contributed by atoms with E-state index in [0.29, 0.717) is 38.3 Å². The Hall–Kier alpha value is -3.78. The largest absolute Gasteiger partial charge is 0.508 e. The zero-order valence-electron chi connectivity index (χ0n) is 25.6. The Balaban J connectivity index is 1.72. The minimum atomic E-state index is -2.67. The Bertz CT molecular complexity index is 1490. The molecule has 0 radical (unpaired) electrons. The number of likely N-dealkylation sites (N-methyl/N-ethyl adjacent to an activating group) is 1. The number of aliphatic hydroxyl groups is 3. The Morgan fingerprint density at radius 1 is 1.11 bits per heavy atom. The van der Waals surface area contributed by atoms with E-state index in [1.54, 1.807) is 32.1 Å². The summed E-state index contributed by atoms with van der Waals surface area (Å²) in [5.74, 6) is -5.43. The number of hydrogen-bond donors (Lipinski definition) is 5. The van der Waals surface area contributed by atoms with Crippen molar-refractivity contribution in [2.45, 2.75) is 38.0 Å². The number of nitrogens with zero attached hydrogens (tertiary/aromatic N) is 3. The molecule has 0 aromatic heterocycles. The number of methoxy groups -OCH3 is 1. The maximum atomic E-state index is 14.7. The third-order valence-corrected chi connectivity index (χ3v) is 9.73. The van der Waals surface area contributed by atoms with Gasteiger partial charge in [0.25, 0.3) is 0 Å². The molecule has 1 saturated heterocycles. The van der Waals surface area contributed by atoms with Crippen molar-refractivity contribution in [2.24, 2.45) is 11.3 Å². The van der Waals surface area contributed by atoms with Crippen LogP contribution in [0.1, 0.15) is 30.0 Å². The number of nitrogens with one attached hydrogen (secondary N) is 1. The number of benzene rings is 1. The number of hydrogen-bond acceptors (Lipinski definition) is 12. The Morgan fingerprint density at radius 3 is 2.34 bits per heavy atom. The molecule has 5 rings (SSSR count). The number of carbonyl (C=O) groups excluding carboxylic acids is 4. The fourth-order valence-electron chi connectivity index (χ4n) is 7.79. The maximum Gasteiger partial charge on any atom is 0.409 e. The van der Waals surface area contributed by atoms with Crippen molar-refractivity contribution in [1.29, 1.82) is 0 Å². The molecule has 13 heteroatoms. The lowest BCUT2D eigenvalue weighted by Gasteiger charge is -2.56. The van der Waals surface area contributed by atoms with Gasteiger partial charge in [-0.25, -0.2) is 4.79 Å². The van der Waals surface area contributed by atoms with Gasteiger partial charge >= 0.3 is 6.09 Å². The van der Waals surface area contributed by atoms with Gasteiger partial charge in [0.05, 0.1) is 18.7 Å². The fraction of sp³-hybridized carbons (Fsp3) is 0.548. The normalized spacial score (nSPS) is 29.0. The quantitative estimate of drug-likeness (QED) is 0.282. The molecular weight excluding hydrogens is 572 g/mol. The molecule has 5 N–H and O–H groups in total. The summed E-state index contributed by atoms with van der Waals surface area (Å²) < 4.78 is 4.86. The zero-order chi connectivity index (χ0) is 32.3. The predicted molar refractivity (Wildman–Crippen MR) is 158 cm³/mol. The lowest BCUT2D eigenvalue weighted by atomic mass is 9.51. The molecule has 0 unspecified atom stereocenters. The molecule has 4 atom stereocenters. The van der Waals surface area contributed by atoms with E-state index in [1.165, 1.54) is 18.1 Å². The number of ether oxygens (including phenoxy) is 1. The van der Waals surface area contributed by atoms with E-state index in [9.17, 15) is 39.6 Å². The summed E-state index contributed by atoms with van der Waals surface area (Å²) in [5.41, 5.74) is -3.16. The van der Waals surface area contributed by atoms with Gasteiger partial charge in [0.1, 0.15) is 22.8 Å². The van der Waals surface area contributed by atoms with Gasteiger partial charge in [-0.15, -0.1) is 0 Å². The minimum absolute atomic E-state index is 0.0101. The van der Waals surface area contributed by atoms with Gasteiger partial charge in [-0.1, -0.05) is 6.07 Å². The molecule has 0 spiro atoms. The lowest BCUT2D eigenvalue weighted by Crippen LogP contribution is -2.68. The Morgan fingerprint density at radius 2 is 1.77 bits per heavy atom. The van der Waals surface area contributed by atoms with Crippen LogP contribution in [0.5, 0.6) is 5.75 Å². The topological polar surface area (TPSA) is 180 Å². The first-order valence-corrected chi connectivity index (χ1v) is 14.6. The van der Waals surface area contributed by atoms with Gasteiger partial charge in [-0.05, 0) is 58.1 Å². The van der Waals surface area contributed by atoms with Gasteiger partial charge in [-0.2, -0.15) is 0 Å². The zero-order valence-corrected chi connectivity index (χ0v) is 25.6. The first kappa shape index (κ1) is 31.6. The molecule has 44 heavy (non-hydrogen) atoms. The summed E-state index contributed by atoms with van der Waals surface area (Å²) >= 11 is 0. The molecule has 4 aliphatic rings. The van der Waals surface area contributed by atoms with Crippen LogP contribution in [0, 0.1) is 11.3 Å². The van der Waals surface area contributed by atoms with Crippen LogP contribution in [0.25, 0.3) is 5.76 Å². The average Bonchev–Trinajstić information content (AvgIpc) is 2.96. The third-order valence-electron chi connectivity index (χ3n) is 9.73. The van der Waals surface area contributed by atoms with E-state index in [0.717, 1.165) is 12.5 Å². The monoisotopic (exact) mass is 612 g/mol. The molecule has 2 fully saturated rings. The number of phenolic OH excluding ortho intramolecular Hbond substituents is 1. The number of ketones is 3. The third kappa shape index (κ3) is 4.61. The SMILES string of the molecule is CNCc1ccc(O)c2c1C[C@@]1(CN3CCN(C(=O)OC)CC3)C[C@H]3[C@H](N(C)C)C(=O)C(C(C)=O)=C(O)[C@@]3(O)C(=O)C1=C2O. The summed E-state index contributed by atoms with van der Waals surface area (Å²) in [6.45, 7) is 3.29. The van der Waals surface area contributed by atoms with Crippen LogP contribution in [0.4, 0.5) is 4.79 Å². The van der Waals surface area contributed by atoms with E-state index in [-0.39, 0.29) is 36.3 Å². The van der Waals surface area contributed by atoms with Crippen LogP contribution < -0.4 is 5.32 Å². The lowest BCUT2D eigenvalue weighted by molar-refractivity contribution is -0.158. The van der Waals surface area contributed by atoms with E-state index in [1.807, 2.05) is 0 Å². The first-order chi connectivity index (χ1) is 20.7. The molecular formula is C31H40N4O9. The summed E-state index contributed by atoms with van der Waals surface area (Å²) in [5, 5.41) is 49.4. The van der Waals surface area contributed by atoms with Crippen LogP contribution in [-0.2, 0) is 32.1 Å². The van der Waals surface area contributed by atoms with Crippen LogP contribution in [0.2, 0.25) is 0 Å². The van der Waals surface area contributed by atoms with Crippen molar-refractivity contribution >= 4 is 29.2 Å². The number of aliphatic hydroxyl groups excluding tert-OH is 2. The maximum absolute atomic E-state index is 14.7. The molecule has 1 heterocycles. The Kier molecular flexibility index (Phi) is 8.12. The molecule has 238 valence electrons. The molecule has 3 aliphatic carbocycles. The van der Waals surface area contributed by atoms with Crippen molar-refractivity contribution < 1.29 is 44.3 Å². The molecule has 1 aromatic rings. The van der Waals surface area contributed by atoms with Crippen molar-refractivity contribution in [3.8, 4) is 5.75 Å². The van der Waals surface area contributed by atoms with Gasteiger partial charge in [0.15, 0.2) is 17.2 Å². The summed E-state index contributed by atoms with van der Waals surface area (Å²) in [4.78, 5) is 58.2. The fourth-order valence-corrected chi connectivity index (χ4v) is 7.79. The molecule has 1 aliphatic heterocycles. The second-order valence-corrected chi connectivity index (χ2v) is 12.5. The van der Waals surface area contributed by atoms with Crippen molar-refractivity contribution in [3.63, 3.8) is 0 Å².